The molecule has 0 unspecified atom stereocenters. The zero-order chi connectivity index (χ0) is 23.3. The Bertz CT molecular complexity index is 1130. The second-order valence-corrected chi connectivity index (χ2v) is 7.78. The van der Waals surface area contributed by atoms with Crippen LogP contribution >= 0.6 is 11.6 Å². The van der Waals surface area contributed by atoms with E-state index in [-0.39, 0.29) is 40.6 Å². The number of halogens is 1. The Balaban J connectivity index is 2.34. The molecule has 1 heterocycles. The van der Waals surface area contributed by atoms with Crippen LogP contribution in [0.4, 0.5) is 0 Å². The molecule has 0 fully saturated rings. The summed E-state index contributed by atoms with van der Waals surface area (Å²) in [6, 6.07) is 4.62. The molecular formula is C21H26ClN5O4. The quantitative estimate of drug-likeness (QED) is 0.363. The molecule has 0 aliphatic carbocycles. The van der Waals surface area contributed by atoms with Gasteiger partial charge in [0, 0.05) is 19.2 Å². The highest BCUT2D eigenvalue weighted by molar-refractivity contribution is 6.32. The van der Waals surface area contributed by atoms with Crippen molar-refractivity contribution in [2.75, 3.05) is 21.1 Å². The lowest BCUT2D eigenvalue weighted by atomic mass is 10.0. The van der Waals surface area contributed by atoms with E-state index in [1.54, 1.807) is 44.3 Å². The van der Waals surface area contributed by atoms with E-state index >= 15 is 0 Å². The predicted molar refractivity (Wildman–Crippen MR) is 120 cm³/mol. The Morgan fingerprint density at radius 1 is 1.39 bits per heavy atom. The van der Waals surface area contributed by atoms with Crippen molar-refractivity contribution in [3.8, 4) is 11.4 Å². The SMILES string of the molecule is C=C(/C=C(\C(=O)NC)C(C)C)Oc1ccc(-n2nc(CN(C)C)c(=O)[nH]c2=O)cc1Cl. The maximum Gasteiger partial charge on any atom is 0.349 e. The number of amides is 1. The third-order valence-corrected chi connectivity index (χ3v) is 4.49. The lowest BCUT2D eigenvalue weighted by molar-refractivity contribution is -0.117. The number of ether oxygens (including phenoxy) is 1. The summed E-state index contributed by atoms with van der Waals surface area (Å²) in [5.41, 5.74) is -0.168. The van der Waals surface area contributed by atoms with E-state index in [0.29, 0.717) is 11.3 Å². The van der Waals surface area contributed by atoms with Gasteiger partial charge in [0.15, 0.2) is 0 Å². The smallest absolute Gasteiger partial charge is 0.349 e. The number of rotatable bonds is 8. The van der Waals surface area contributed by atoms with Crippen LogP contribution in [0, 0.1) is 5.92 Å². The van der Waals surface area contributed by atoms with Crippen molar-refractivity contribution in [2.45, 2.75) is 20.4 Å². The first kappa shape index (κ1) is 24.1. The van der Waals surface area contributed by atoms with Crippen molar-refractivity contribution >= 4 is 17.5 Å². The molecule has 0 atom stereocenters. The zero-order valence-corrected chi connectivity index (χ0v) is 18.9. The van der Waals surface area contributed by atoms with E-state index in [9.17, 15) is 14.4 Å². The monoisotopic (exact) mass is 447 g/mol. The van der Waals surface area contributed by atoms with Crippen molar-refractivity contribution in [1.29, 1.82) is 0 Å². The van der Waals surface area contributed by atoms with Crippen molar-refractivity contribution in [3.63, 3.8) is 0 Å². The topological polar surface area (TPSA) is 109 Å². The molecule has 0 saturated carbocycles. The molecule has 10 heteroatoms. The normalized spacial score (nSPS) is 11.7. The fourth-order valence-corrected chi connectivity index (χ4v) is 2.91. The molecule has 1 aromatic heterocycles. The van der Waals surface area contributed by atoms with E-state index in [2.05, 4.69) is 22.0 Å². The first-order valence-electron chi connectivity index (χ1n) is 9.51. The fraction of sp³-hybridized carbons (Fsp3) is 0.333. The van der Waals surface area contributed by atoms with E-state index in [1.165, 1.54) is 6.07 Å². The number of H-pyrrole nitrogens is 1. The second-order valence-electron chi connectivity index (χ2n) is 7.37. The molecule has 0 aliphatic heterocycles. The van der Waals surface area contributed by atoms with Crippen molar-refractivity contribution in [3.05, 3.63) is 73.7 Å². The highest BCUT2D eigenvalue weighted by Gasteiger charge is 2.14. The van der Waals surface area contributed by atoms with Crippen molar-refractivity contribution in [1.82, 2.24) is 25.0 Å². The third kappa shape index (κ3) is 6.16. The maximum absolute atomic E-state index is 12.2. The summed E-state index contributed by atoms with van der Waals surface area (Å²) in [6.07, 6.45) is 1.55. The number of benzene rings is 1. The molecule has 0 spiro atoms. The molecule has 166 valence electrons. The van der Waals surface area contributed by atoms with E-state index < -0.39 is 11.2 Å². The number of carbonyl (C=O) groups excluding carboxylic acids is 1. The van der Waals surface area contributed by atoms with Crippen LogP contribution in [0.1, 0.15) is 19.5 Å². The van der Waals surface area contributed by atoms with Gasteiger partial charge in [-0.1, -0.05) is 32.0 Å². The van der Waals surface area contributed by atoms with Gasteiger partial charge >= 0.3 is 5.69 Å². The van der Waals surface area contributed by atoms with Crippen LogP contribution in [0.5, 0.6) is 5.75 Å². The van der Waals surface area contributed by atoms with Gasteiger partial charge < -0.3 is 15.0 Å². The van der Waals surface area contributed by atoms with Crippen LogP contribution in [0.3, 0.4) is 0 Å². The molecule has 1 amide bonds. The minimum absolute atomic E-state index is 0.0345. The van der Waals surface area contributed by atoms with Crippen LogP contribution in [0.15, 0.2) is 51.8 Å². The summed E-state index contributed by atoms with van der Waals surface area (Å²) in [4.78, 5) is 40.2. The molecule has 2 N–H and O–H groups in total. The molecule has 2 rings (SSSR count). The third-order valence-electron chi connectivity index (χ3n) is 4.19. The standard InChI is InChI=1S/C21H26ClN5O4/c1-12(2)15(19(28)23-4)9-13(3)31-18-8-7-14(10-16(18)22)27-21(30)24-20(29)17(25-27)11-26(5)6/h7-10,12H,3,11H2,1-2,4-6H3,(H,23,28)(H,24,29,30)/b15-9-. The summed E-state index contributed by atoms with van der Waals surface area (Å²) < 4.78 is 6.74. The maximum atomic E-state index is 12.2. The van der Waals surface area contributed by atoms with E-state index in [1.807, 2.05) is 13.8 Å². The summed E-state index contributed by atoms with van der Waals surface area (Å²) in [7, 11) is 5.12. The molecule has 0 bridgehead atoms. The van der Waals surface area contributed by atoms with Crippen molar-refractivity contribution in [2.24, 2.45) is 5.92 Å². The minimum atomic E-state index is -0.684. The van der Waals surface area contributed by atoms with Gasteiger partial charge in [-0.25, -0.2) is 4.79 Å². The number of hydrogen-bond donors (Lipinski definition) is 2. The van der Waals surface area contributed by atoms with Gasteiger partial charge in [0.05, 0.1) is 10.7 Å². The number of nitrogens with zero attached hydrogens (tertiary/aromatic N) is 3. The fourth-order valence-electron chi connectivity index (χ4n) is 2.70. The van der Waals surface area contributed by atoms with Gasteiger partial charge in [0.1, 0.15) is 17.2 Å². The van der Waals surface area contributed by atoms with Gasteiger partial charge in [0.2, 0.25) is 5.91 Å². The van der Waals surface area contributed by atoms with Crippen LogP contribution in [0.25, 0.3) is 5.69 Å². The number of nitrogens with one attached hydrogen (secondary N) is 2. The van der Waals surface area contributed by atoms with E-state index in [0.717, 1.165) is 4.68 Å². The molecule has 1 aromatic carbocycles. The van der Waals surface area contributed by atoms with E-state index in [4.69, 9.17) is 16.3 Å². The Kier molecular flexibility index (Phi) is 7.95. The second kappa shape index (κ2) is 10.2. The Hall–Kier alpha value is -3.17. The average Bonchev–Trinajstić information content (AvgIpc) is 2.68. The highest BCUT2D eigenvalue weighted by atomic mass is 35.5. The summed E-state index contributed by atoms with van der Waals surface area (Å²) >= 11 is 6.33. The number of allylic oxidation sites excluding steroid dienone is 1. The number of carbonyl (C=O) groups is 1. The number of aromatic amines is 1. The Morgan fingerprint density at radius 2 is 2.06 bits per heavy atom. The van der Waals surface area contributed by atoms with Gasteiger partial charge in [-0.05, 0) is 44.3 Å². The van der Waals surface area contributed by atoms with Crippen LogP contribution in [0.2, 0.25) is 5.02 Å². The summed E-state index contributed by atoms with van der Waals surface area (Å²) in [6.45, 7) is 7.86. The molecule has 0 radical (unpaired) electrons. The van der Waals surface area contributed by atoms with Crippen molar-refractivity contribution < 1.29 is 9.53 Å². The first-order chi connectivity index (χ1) is 14.5. The molecule has 0 aliphatic rings. The molecule has 31 heavy (non-hydrogen) atoms. The highest BCUT2D eigenvalue weighted by Crippen LogP contribution is 2.28. The first-order valence-corrected chi connectivity index (χ1v) is 9.88. The predicted octanol–water partition coefficient (Wildman–Crippen LogP) is 1.86. The molecular weight excluding hydrogens is 422 g/mol. The number of hydrogen-bond acceptors (Lipinski definition) is 6. The zero-order valence-electron chi connectivity index (χ0n) is 18.2. The van der Waals surface area contributed by atoms with Crippen LogP contribution < -0.4 is 21.3 Å². The largest absolute Gasteiger partial charge is 0.456 e. The van der Waals surface area contributed by atoms with Crippen LogP contribution in [-0.4, -0.2) is 46.7 Å². The van der Waals surface area contributed by atoms with Gasteiger partial charge in [-0.15, -0.1) is 0 Å². The van der Waals surface area contributed by atoms with Gasteiger partial charge in [-0.3, -0.25) is 14.6 Å². The number of aromatic nitrogens is 3. The molecule has 9 nitrogen and oxygen atoms in total. The van der Waals surface area contributed by atoms with Gasteiger partial charge in [0.25, 0.3) is 5.56 Å². The Labute approximate surface area is 185 Å². The lowest BCUT2D eigenvalue weighted by Gasteiger charge is -2.13. The Morgan fingerprint density at radius 3 is 2.61 bits per heavy atom. The summed E-state index contributed by atoms with van der Waals surface area (Å²) in [5, 5.41) is 6.93. The van der Waals surface area contributed by atoms with Crippen LogP contribution in [-0.2, 0) is 11.3 Å². The number of likely N-dealkylation sites (N-methyl/N-ethyl adjacent to an activating group) is 1. The molecule has 0 saturated heterocycles. The van der Waals surface area contributed by atoms with Gasteiger partial charge in [-0.2, -0.15) is 9.78 Å². The lowest BCUT2D eigenvalue weighted by Crippen LogP contribution is -2.35. The summed E-state index contributed by atoms with van der Waals surface area (Å²) in [5.74, 6) is 0.262. The molecule has 2 aromatic rings. The minimum Gasteiger partial charge on any atom is -0.456 e. The average molecular weight is 448 g/mol.